The number of benzene rings is 2. The zero-order valence-electron chi connectivity index (χ0n) is 16.0. The number of amides is 1. The van der Waals surface area contributed by atoms with E-state index in [1.807, 2.05) is 62.4 Å². The maximum absolute atomic E-state index is 13.0. The van der Waals surface area contributed by atoms with Gasteiger partial charge in [0.2, 0.25) is 11.1 Å². The van der Waals surface area contributed by atoms with Crippen molar-refractivity contribution < 1.29 is 9.48 Å². The molecule has 1 aliphatic rings. The molecule has 0 fully saturated rings. The van der Waals surface area contributed by atoms with Gasteiger partial charge in [-0.3, -0.25) is 14.6 Å². The molecule has 28 heavy (non-hydrogen) atoms. The highest BCUT2D eigenvalue weighted by molar-refractivity contribution is 7.99. The Hall–Kier alpha value is -2.93. The van der Waals surface area contributed by atoms with Crippen LogP contribution in [0, 0.1) is 6.92 Å². The Morgan fingerprint density at radius 3 is 2.64 bits per heavy atom. The minimum absolute atomic E-state index is 0.106. The van der Waals surface area contributed by atoms with Gasteiger partial charge in [0.15, 0.2) is 0 Å². The van der Waals surface area contributed by atoms with Gasteiger partial charge in [-0.1, -0.05) is 49.0 Å². The Balaban J connectivity index is 2.09. The zero-order chi connectivity index (χ0) is 19.8. The van der Waals surface area contributed by atoms with Crippen molar-refractivity contribution in [2.24, 2.45) is 0 Å². The molecule has 7 heteroatoms. The van der Waals surface area contributed by atoms with E-state index in [0.717, 1.165) is 16.9 Å². The Morgan fingerprint density at radius 2 is 1.93 bits per heavy atom. The molecule has 4 rings (SSSR count). The second-order valence-corrected chi connectivity index (χ2v) is 7.87. The predicted molar refractivity (Wildman–Crippen MR) is 109 cm³/mol. The van der Waals surface area contributed by atoms with E-state index in [9.17, 15) is 9.59 Å². The standard InChI is InChI=1S/C21H20N4O2S/c1-4-28-21-22-19(27)18-16-11-7-8-12-17(16)24(14(3)26)20(25(18)23-21)15-10-6-5-9-13(15)2/h5-12,20H,4H2,1-3H3/p+1/t20-/m1/s1. The first-order valence-corrected chi connectivity index (χ1v) is 10.1. The van der Waals surface area contributed by atoms with E-state index in [0.29, 0.717) is 22.1 Å². The van der Waals surface area contributed by atoms with E-state index in [4.69, 9.17) is 5.10 Å². The van der Waals surface area contributed by atoms with Crippen molar-refractivity contribution in [3.63, 3.8) is 0 Å². The Bertz CT molecular complexity index is 1130. The first-order chi connectivity index (χ1) is 13.5. The summed E-state index contributed by atoms with van der Waals surface area (Å²) in [6, 6.07) is 15.4. The van der Waals surface area contributed by atoms with Crippen molar-refractivity contribution in [1.82, 2.24) is 10.1 Å². The molecule has 1 atom stereocenters. The first-order valence-electron chi connectivity index (χ1n) is 9.16. The summed E-state index contributed by atoms with van der Waals surface area (Å²) in [4.78, 5) is 30.4. The van der Waals surface area contributed by atoms with E-state index in [1.54, 1.807) is 16.5 Å². The number of carbonyl (C=O) groups is 1. The minimum atomic E-state index is -0.526. The molecule has 0 saturated heterocycles. The van der Waals surface area contributed by atoms with Gasteiger partial charge in [0.1, 0.15) is 0 Å². The summed E-state index contributed by atoms with van der Waals surface area (Å²) in [5.74, 6) is 0.676. The number of aromatic amines is 1. The molecule has 142 valence electrons. The van der Waals surface area contributed by atoms with E-state index >= 15 is 0 Å². The van der Waals surface area contributed by atoms with Gasteiger partial charge in [-0.25, -0.2) is 4.90 Å². The van der Waals surface area contributed by atoms with Gasteiger partial charge in [0.05, 0.1) is 11.3 Å². The Morgan fingerprint density at radius 1 is 1.21 bits per heavy atom. The van der Waals surface area contributed by atoms with Crippen molar-refractivity contribution >= 4 is 23.4 Å². The van der Waals surface area contributed by atoms with Crippen LogP contribution in [0.2, 0.25) is 0 Å². The molecule has 2 aromatic carbocycles. The predicted octanol–water partition coefficient (Wildman–Crippen LogP) is 3.06. The van der Waals surface area contributed by atoms with Crippen LogP contribution in [0.5, 0.6) is 0 Å². The second kappa shape index (κ2) is 7.24. The van der Waals surface area contributed by atoms with Crippen molar-refractivity contribution in [2.45, 2.75) is 32.1 Å². The maximum Gasteiger partial charge on any atom is 0.325 e. The molecule has 1 N–H and O–H groups in total. The third-order valence-corrected chi connectivity index (χ3v) is 5.59. The molecular weight excluding hydrogens is 372 g/mol. The fraction of sp³-hybridized carbons (Fsp3) is 0.238. The van der Waals surface area contributed by atoms with Gasteiger partial charge in [0.25, 0.3) is 6.17 Å². The average molecular weight is 393 g/mol. The summed E-state index contributed by atoms with van der Waals surface area (Å²) >= 11 is 1.46. The SMILES string of the molecule is CCSc1n[n+]2c(c(=O)[nH]1)-c1ccccc1N(C(C)=O)[C@H]2c1ccccc1C. The monoisotopic (exact) mass is 393 g/mol. The number of hydrogen-bond donors (Lipinski definition) is 1. The second-order valence-electron chi connectivity index (χ2n) is 6.62. The number of nitrogens with one attached hydrogen (secondary N) is 1. The molecule has 1 aliphatic heterocycles. The van der Waals surface area contributed by atoms with Crippen molar-refractivity contribution in [2.75, 3.05) is 10.7 Å². The molecule has 0 saturated carbocycles. The average Bonchev–Trinajstić information content (AvgIpc) is 2.67. The number of carbonyl (C=O) groups excluding carboxylic acids is 1. The lowest BCUT2D eigenvalue weighted by atomic mass is 9.99. The quantitative estimate of drug-likeness (QED) is 0.548. The van der Waals surface area contributed by atoms with Crippen molar-refractivity contribution in [3.05, 3.63) is 70.0 Å². The Labute approximate surface area is 167 Å². The number of fused-ring (bicyclic) bond motifs is 3. The van der Waals surface area contributed by atoms with Crippen LogP contribution in [-0.2, 0) is 4.79 Å². The normalized spacial score (nSPS) is 15.1. The highest BCUT2D eigenvalue weighted by Crippen LogP contribution is 2.37. The smallest absolute Gasteiger partial charge is 0.291 e. The highest BCUT2D eigenvalue weighted by Gasteiger charge is 2.45. The number of aromatic nitrogens is 3. The van der Waals surface area contributed by atoms with Gasteiger partial charge < -0.3 is 0 Å². The zero-order valence-corrected chi connectivity index (χ0v) is 16.8. The molecule has 1 amide bonds. The van der Waals surface area contributed by atoms with E-state index in [1.165, 1.54) is 11.8 Å². The van der Waals surface area contributed by atoms with Crippen LogP contribution in [0.15, 0.2) is 58.5 Å². The largest absolute Gasteiger partial charge is 0.325 e. The topological polar surface area (TPSA) is 69.9 Å². The summed E-state index contributed by atoms with van der Waals surface area (Å²) in [7, 11) is 0. The van der Waals surface area contributed by atoms with Crippen LogP contribution in [0.25, 0.3) is 11.3 Å². The fourth-order valence-corrected chi connectivity index (χ4v) is 4.26. The number of nitrogens with zero attached hydrogens (tertiary/aromatic N) is 3. The molecule has 1 aromatic heterocycles. The third kappa shape index (κ3) is 2.92. The van der Waals surface area contributed by atoms with Crippen LogP contribution in [0.4, 0.5) is 5.69 Å². The van der Waals surface area contributed by atoms with E-state index in [2.05, 4.69) is 4.98 Å². The van der Waals surface area contributed by atoms with Gasteiger partial charge in [-0.15, -0.1) is 0 Å². The van der Waals surface area contributed by atoms with Crippen LogP contribution in [-0.4, -0.2) is 21.7 Å². The number of H-pyrrole nitrogens is 1. The van der Waals surface area contributed by atoms with Gasteiger partial charge >= 0.3 is 11.3 Å². The number of rotatable bonds is 3. The molecule has 0 spiro atoms. The summed E-state index contributed by atoms with van der Waals surface area (Å²) in [6.07, 6.45) is -0.526. The van der Waals surface area contributed by atoms with Crippen LogP contribution in [0.3, 0.4) is 0 Å². The van der Waals surface area contributed by atoms with Gasteiger partial charge in [-0.05, 0) is 41.1 Å². The molecule has 6 nitrogen and oxygen atoms in total. The molecule has 0 unspecified atom stereocenters. The third-order valence-electron chi connectivity index (χ3n) is 4.85. The lowest BCUT2D eigenvalue weighted by Crippen LogP contribution is -2.60. The number of thioether (sulfide) groups is 1. The molecule has 0 aliphatic carbocycles. The molecular formula is C21H21N4O2S+. The summed E-state index contributed by atoms with van der Waals surface area (Å²) < 4.78 is 1.70. The van der Waals surface area contributed by atoms with Crippen LogP contribution in [0.1, 0.15) is 31.1 Å². The summed E-state index contributed by atoms with van der Waals surface area (Å²) in [5, 5.41) is 5.26. The van der Waals surface area contributed by atoms with Crippen LogP contribution < -0.4 is 15.1 Å². The number of para-hydroxylation sites is 1. The van der Waals surface area contributed by atoms with Crippen molar-refractivity contribution in [3.8, 4) is 11.3 Å². The lowest BCUT2D eigenvalue weighted by Gasteiger charge is -2.31. The first kappa shape index (κ1) is 18.4. The number of hydrogen-bond acceptors (Lipinski definition) is 4. The number of anilines is 1. The van der Waals surface area contributed by atoms with E-state index in [-0.39, 0.29) is 11.5 Å². The molecule has 0 radical (unpaired) electrons. The van der Waals surface area contributed by atoms with Gasteiger partial charge in [-0.2, -0.15) is 0 Å². The molecule has 3 aromatic rings. The number of aryl methyl sites for hydroxylation is 1. The van der Waals surface area contributed by atoms with Crippen LogP contribution >= 0.6 is 11.8 Å². The fourth-order valence-electron chi connectivity index (χ4n) is 3.67. The molecule has 2 heterocycles. The van der Waals surface area contributed by atoms with Gasteiger partial charge in [0, 0.05) is 17.6 Å². The summed E-state index contributed by atoms with van der Waals surface area (Å²) in [6.45, 7) is 5.55. The highest BCUT2D eigenvalue weighted by atomic mass is 32.2. The summed E-state index contributed by atoms with van der Waals surface area (Å²) in [5.41, 5.74) is 3.63. The van der Waals surface area contributed by atoms with Crippen molar-refractivity contribution in [1.29, 1.82) is 0 Å². The van der Waals surface area contributed by atoms with E-state index < -0.39 is 6.17 Å². The minimum Gasteiger partial charge on any atom is -0.291 e. The maximum atomic E-state index is 13.0. The molecule has 0 bridgehead atoms. The lowest BCUT2D eigenvalue weighted by molar-refractivity contribution is -0.763. The Kier molecular flexibility index (Phi) is 4.77.